The van der Waals surface area contributed by atoms with Crippen LogP contribution in [0.2, 0.25) is 0 Å². The zero-order valence-electron chi connectivity index (χ0n) is 14.5. The molecule has 1 aliphatic heterocycles. The fourth-order valence-electron chi connectivity index (χ4n) is 3.50. The van der Waals surface area contributed by atoms with Crippen LogP contribution < -0.4 is 5.32 Å². The van der Waals surface area contributed by atoms with Crippen molar-refractivity contribution in [3.8, 4) is 0 Å². The highest BCUT2D eigenvalue weighted by Crippen LogP contribution is 2.34. The third kappa shape index (κ3) is 3.58. The van der Waals surface area contributed by atoms with Crippen LogP contribution >= 0.6 is 0 Å². The van der Waals surface area contributed by atoms with Crippen molar-refractivity contribution in [1.82, 2.24) is 14.9 Å². The molecule has 4 rings (SSSR count). The number of benzene rings is 2. The predicted molar refractivity (Wildman–Crippen MR) is 103 cm³/mol. The number of nitrogens with one attached hydrogen (secondary N) is 1. The first kappa shape index (κ1) is 15.9. The lowest BCUT2D eigenvalue weighted by Crippen LogP contribution is -2.24. The van der Waals surface area contributed by atoms with Crippen LogP contribution in [-0.2, 0) is 6.54 Å². The SMILES string of the molecule is c1cc2c3c(cccc3c1)C(NCCCCCCCn1ccnc1)=N2. The van der Waals surface area contributed by atoms with Gasteiger partial charge in [-0.1, -0.05) is 49.6 Å². The Hall–Kier alpha value is -2.62. The van der Waals surface area contributed by atoms with E-state index in [0.29, 0.717) is 0 Å². The topological polar surface area (TPSA) is 42.2 Å². The molecule has 1 aromatic heterocycles. The number of amidine groups is 1. The lowest BCUT2D eigenvalue weighted by Gasteiger charge is -2.07. The van der Waals surface area contributed by atoms with Gasteiger partial charge in [-0.3, -0.25) is 0 Å². The second-order valence-electron chi connectivity index (χ2n) is 6.64. The number of unbranched alkanes of at least 4 members (excludes halogenated alkanes) is 4. The van der Waals surface area contributed by atoms with Gasteiger partial charge in [0, 0.05) is 36.4 Å². The van der Waals surface area contributed by atoms with E-state index in [1.165, 1.54) is 48.4 Å². The summed E-state index contributed by atoms with van der Waals surface area (Å²) < 4.78 is 2.15. The summed E-state index contributed by atoms with van der Waals surface area (Å²) in [6.07, 6.45) is 12.0. The summed E-state index contributed by atoms with van der Waals surface area (Å²) in [6, 6.07) is 12.8. The maximum Gasteiger partial charge on any atom is 0.134 e. The molecule has 0 saturated carbocycles. The minimum Gasteiger partial charge on any atom is -0.370 e. The number of imidazole rings is 1. The molecule has 0 atom stereocenters. The smallest absolute Gasteiger partial charge is 0.134 e. The van der Waals surface area contributed by atoms with Crippen molar-refractivity contribution >= 4 is 22.3 Å². The maximum atomic E-state index is 4.77. The molecule has 0 unspecified atom stereocenters. The summed E-state index contributed by atoms with van der Waals surface area (Å²) in [5.74, 6) is 1.03. The van der Waals surface area contributed by atoms with Gasteiger partial charge < -0.3 is 9.88 Å². The minimum absolute atomic E-state index is 0.991. The van der Waals surface area contributed by atoms with Crippen molar-refractivity contribution in [3.63, 3.8) is 0 Å². The van der Waals surface area contributed by atoms with Crippen LogP contribution in [0.5, 0.6) is 0 Å². The molecule has 0 bridgehead atoms. The van der Waals surface area contributed by atoms with Gasteiger partial charge in [-0.25, -0.2) is 9.98 Å². The number of rotatable bonds is 8. The Bertz CT molecular complexity index is 859. The number of hydrogen-bond acceptors (Lipinski definition) is 3. The molecule has 128 valence electrons. The van der Waals surface area contributed by atoms with E-state index in [1.54, 1.807) is 0 Å². The van der Waals surface area contributed by atoms with Crippen LogP contribution in [0.4, 0.5) is 5.69 Å². The van der Waals surface area contributed by atoms with Crippen molar-refractivity contribution in [2.45, 2.75) is 38.6 Å². The van der Waals surface area contributed by atoms with Crippen LogP contribution in [0, 0.1) is 0 Å². The molecule has 3 aromatic rings. The molecule has 0 fully saturated rings. The van der Waals surface area contributed by atoms with Gasteiger partial charge in [0.15, 0.2) is 0 Å². The summed E-state index contributed by atoms with van der Waals surface area (Å²) in [4.78, 5) is 8.84. The van der Waals surface area contributed by atoms with Crippen molar-refractivity contribution in [2.75, 3.05) is 6.54 Å². The van der Waals surface area contributed by atoms with Gasteiger partial charge in [-0.15, -0.1) is 0 Å². The van der Waals surface area contributed by atoms with Crippen molar-refractivity contribution in [2.24, 2.45) is 4.99 Å². The van der Waals surface area contributed by atoms with E-state index < -0.39 is 0 Å². The summed E-state index contributed by atoms with van der Waals surface area (Å²) >= 11 is 0. The Labute approximate surface area is 148 Å². The number of aryl methyl sites for hydroxylation is 1. The molecule has 1 N–H and O–H groups in total. The second-order valence-corrected chi connectivity index (χ2v) is 6.64. The third-order valence-corrected chi connectivity index (χ3v) is 4.81. The number of aromatic nitrogens is 2. The Morgan fingerprint density at radius 1 is 0.920 bits per heavy atom. The average molecular weight is 332 g/mol. The second kappa shape index (κ2) is 7.51. The summed E-state index contributed by atoms with van der Waals surface area (Å²) in [5.41, 5.74) is 2.34. The van der Waals surface area contributed by atoms with E-state index in [-0.39, 0.29) is 0 Å². The van der Waals surface area contributed by atoms with E-state index in [2.05, 4.69) is 51.3 Å². The Morgan fingerprint density at radius 3 is 2.64 bits per heavy atom. The normalized spacial score (nSPS) is 12.6. The summed E-state index contributed by atoms with van der Waals surface area (Å²) in [6.45, 7) is 2.07. The fraction of sp³-hybridized carbons (Fsp3) is 0.333. The van der Waals surface area contributed by atoms with Crippen molar-refractivity contribution in [3.05, 3.63) is 60.7 Å². The van der Waals surface area contributed by atoms with Gasteiger partial charge in [0.05, 0.1) is 12.0 Å². The van der Waals surface area contributed by atoms with Crippen LogP contribution in [0.25, 0.3) is 10.8 Å². The standard InChI is InChI=1S/C21H24N4/c1(3-5-14-25-15-13-22-16-25)2-4-12-23-21-18-10-6-8-17-9-7-11-19(24-21)20(17)18/h6-11,13,15-16H,1-5,12,14H2,(H,23,24). The highest BCUT2D eigenvalue weighted by molar-refractivity contribution is 6.18. The Kier molecular flexibility index (Phi) is 4.77. The van der Waals surface area contributed by atoms with E-state index in [4.69, 9.17) is 4.99 Å². The number of aliphatic imine (C=N–C) groups is 1. The van der Waals surface area contributed by atoms with E-state index >= 15 is 0 Å². The molecular weight excluding hydrogens is 308 g/mol. The monoisotopic (exact) mass is 332 g/mol. The molecule has 0 radical (unpaired) electrons. The first-order valence-electron chi connectivity index (χ1n) is 9.22. The third-order valence-electron chi connectivity index (χ3n) is 4.81. The minimum atomic E-state index is 0.991. The van der Waals surface area contributed by atoms with Crippen LogP contribution in [0.3, 0.4) is 0 Å². The largest absolute Gasteiger partial charge is 0.370 e. The molecule has 25 heavy (non-hydrogen) atoms. The fourth-order valence-corrected chi connectivity index (χ4v) is 3.50. The van der Waals surface area contributed by atoms with Crippen molar-refractivity contribution in [1.29, 1.82) is 0 Å². The molecule has 0 aliphatic carbocycles. The highest BCUT2D eigenvalue weighted by Gasteiger charge is 2.17. The van der Waals surface area contributed by atoms with Crippen LogP contribution in [0.15, 0.2) is 60.1 Å². The van der Waals surface area contributed by atoms with Gasteiger partial charge in [-0.05, 0) is 24.3 Å². The van der Waals surface area contributed by atoms with Gasteiger partial charge in [0.1, 0.15) is 5.84 Å². The lowest BCUT2D eigenvalue weighted by molar-refractivity contribution is 0.558. The molecule has 2 heterocycles. The Balaban J connectivity index is 1.18. The highest BCUT2D eigenvalue weighted by atomic mass is 15.0. The molecule has 0 saturated heterocycles. The van der Waals surface area contributed by atoms with E-state index in [0.717, 1.165) is 24.6 Å². The van der Waals surface area contributed by atoms with E-state index in [1.807, 2.05) is 18.7 Å². The molecule has 1 aliphatic rings. The molecule has 2 aromatic carbocycles. The molecule has 4 heteroatoms. The number of hydrogen-bond donors (Lipinski definition) is 1. The number of nitrogens with zero attached hydrogens (tertiary/aromatic N) is 3. The molecular formula is C21H24N4. The van der Waals surface area contributed by atoms with Gasteiger partial charge >= 0.3 is 0 Å². The quantitative estimate of drug-likeness (QED) is 0.609. The van der Waals surface area contributed by atoms with Gasteiger partial charge in [0.25, 0.3) is 0 Å². The maximum absolute atomic E-state index is 4.77. The first-order chi connectivity index (χ1) is 12.4. The predicted octanol–water partition coefficient (Wildman–Crippen LogP) is 4.67. The Morgan fingerprint density at radius 2 is 1.76 bits per heavy atom. The molecule has 4 nitrogen and oxygen atoms in total. The molecule has 0 amide bonds. The summed E-state index contributed by atoms with van der Waals surface area (Å²) in [5, 5.41) is 6.10. The van der Waals surface area contributed by atoms with E-state index in [9.17, 15) is 0 Å². The van der Waals surface area contributed by atoms with Crippen LogP contribution in [-0.4, -0.2) is 21.9 Å². The van der Waals surface area contributed by atoms with Crippen LogP contribution in [0.1, 0.15) is 37.7 Å². The zero-order valence-corrected chi connectivity index (χ0v) is 14.5. The lowest BCUT2D eigenvalue weighted by atomic mass is 10.0. The molecule has 0 spiro atoms. The van der Waals surface area contributed by atoms with Gasteiger partial charge in [0.2, 0.25) is 0 Å². The summed E-state index contributed by atoms with van der Waals surface area (Å²) in [7, 11) is 0. The zero-order chi connectivity index (χ0) is 16.9. The average Bonchev–Trinajstić information content (AvgIpc) is 3.27. The first-order valence-corrected chi connectivity index (χ1v) is 9.22. The van der Waals surface area contributed by atoms with Crippen molar-refractivity contribution < 1.29 is 0 Å². The van der Waals surface area contributed by atoms with Gasteiger partial charge in [-0.2, -0.15) is 0 Å².